The summed E-state index contributed by atoms with van der Waals surface area (Å²) < 4.78 is 165. The lowest BCUT2D eigenvalue weighted by molar-refractivity contribution is -0.139. The maximum absolute atomic E-state index is 14.0. The molecule has 0 aromatic heterocycles. The highest BCUT2D eigenvalue weighted by Crippen LogP contribution is 2.45. The van der Waals surface area contributed by atoms with Gasteiger partial charge in [-0.3, -0.25) is 0 Å². The fraction of sp³-hybridized carbons (Fsp3) is 0.200. The molecule has 0 aliphatic rings. The Morgan fingerprint density at radius 1 is 0.442 bits per heavy atom. The molecule has 0 aliphatic heterocycles. The maximum Gasteiger partial charge on any atom is 0.418 e. The van der Waals surface area contributed by atoms with Gasteiger partial charge in [-0.05, 0) is 78.1 Å². The zero-order valence-corrected chi connectivity index (χ0v) is 22.0. The molecule has 228 valence electrons. The monoisotopic (exact) mass is 621 g/mol. The quantitative estimate of drug-likeness (QED) is 0.224. The van der Waals surface area contributed by atoms with E-state index < -0.39 is 69.5 Å². The van der Waals surface area contributed by atoms with E-state index in [4.69, 9.17) is 0 Å². The summed E-state index contributed by atoms with van der Waals surface area (Å²) in [6.45, 7) is 2.51. The number of rotatable bonds is 4. The highest BCUT2D eigenvalue weighted by Gasteiger charge is 2.39. The third-order valence-corrected chi connectivity index (χ3v) is 6.58. The van der Waals surface area contributed by atoms with Gasteiger partial charge in [0.25, 0.3) is 0 Å². The summed E-state index contributed by atoms with van der Waals surface area (Å²) >= 11 is 0. The molecule has 0 aliphatic carbocycles. The van der Waals surface area contributed by atoms with Gasteiger partial charge in [0, 0.05) is 5.69 Å². The molecular formula is C30H19F12N. The molecule has 0 radical (unpaired) electrons. The largest absolute Gasteiger partial charge is 0.418 e. The van der Waals surface area contributed by atoms with Crippen LogP contribution in [-0.2, 0) is 24.7 Å². The van der Waals surface area contributed by atoms with E-state index in [0.29, 0.717) is 24.3 Å². The topological polar surface area (TPSA) is 12.0 Å². The van der Waals surface area contributed by atoms with Gasteiger partial charge < -0.3 is 5.32 Å². The maximum atomic E-state index is 14.0. The molecule has 4 rings (SSSR count). The van der Waals surface area contributed by atoms with Crippen molar-refractivity contribution >= 4 is 11.4 Å². The van der Waals surface area contributed by atoms with Gasteiger partial charge in [0.05, 0.1) is 27.9 Å². The predicted octanol–water partition coefficient (Wildman–Crippen LogP) is 11.5. The zero-order valence-electron chi connectivity index (χ0n) is 22.0. The van der Waals surface area contributed by atoms with E-state index in [1.165, 1.54) is 26.0 Å². The lowest BCUT2D eigenvalue weighted by Gasteiger charge is -2.20. The Balaban J connectivity index is 1.81. The van der Waals surface area contributed by atoms with Crippen LogP contribution in [-0.4, -0.2) is 0 Å². The van der Waals surface area contributed by atoms with Crippen LogP contribution >= 0.6 is 0 Å². The van der Waals surface area contributed by atoms with Crippen molar-refractivity contribution in [3.63, 3.8) is 0 Å². The normalized spacial score (nSPS) is 12.9. The number of hydrogen-bond acceptors (Lipinski definition) is 1. The number of alkyl halides is 12. The summed E-state index contributed by atoms with van der Waals surface area (Å²) in [7, 11) is 0. The van der Waals surface area contributed by atoms with Gasteiger partial charge in [-0.2, -0.15) is 52.7 Å². The minimum Gasteiger partial charge on any atom is -0.355 e. The van der Waals surface area contributed by atoms with Gasteiger partial charge in [-0.1, -0.05) is 42.0 Å². The van der Waals surface area contributed by atoms with E-state index in [1.54, 1.807) is 0 Å². The van der Waals surface area contributed by atoms with Crippen LogP contribution in [0.4, 0.5) is 64.1 Å². The molecule has 4 aromatic carbocycles. The highest BCUT2D eigenvalue weighted by atomic mass is 19.4. The van der Waals surface area contributed by atoms with Gasteiger partial charge >= 0.3 is 24.7 Å². The van der Waals surface area contributed by atoms with Crippen LogP contribution in [0.2, 0.25) is 0 Å². The first-order valence-corrected chi connectivity index (χ1v) is 12.2. The Hall–Kier alpha value is -4.16. The molecule has 0 fully saturated rings. The second-order valence-electron chi connectivity index (χ2n) is 9.72. The van der Waals surface area contributed by atoms with Crippen molar-refractivity contribution in [1.82, 2.24) is 0 Å². The Labute approximate surface area is 236 Å². The Kier molecular flexibility index (Phi) is 8.01. The standard InChI is InChI=1S/C30H19F12N/c1-15-3-8-20(23(11-15)28(34,35)36)21-9-7-19(14-24(21)29(37,38)39)43-26-10-6-18(13-25(26)30(40,41)42)17-5-4-16(2)22(12-17)27(31,32)33/h3-14,43H,1-2H3. The average molecular weight is 621 g/mol. The van der Waals surface area contributed by atoms with Crippen molar-refractivity contribution < 1.29 is 52.7 Å². The molecule has 0 atom stereocenters. The SMILES string of the molecule is Cc1ccc(-c2ccc(Nc3ccc(-c4ccc(C)c(C(F)(F)F)c4)cc3C(F)(F)F)cc2C(F)(F)F)c(C(F)(F)F)c1. The van der Waals surface area contributed by atoms with E-state index in [0.717, 1.165) is 36.4 Å². The van der Waals surface area contributed by atoms with Gasteiger partial charge in [0.2, 0.25) is 0 Å². The van der Waals surface area contributed by atoms with Gasteiger partial charge in [-0.15, -0.1) is 0 Å². The molecule has 4 aromatic rings. The summed E-state index contributed by atoms with van der Waals surface area (Å²) in [4.78, 5) is 0. The number of halogens is 12. The fourth-order valence-electron chi connectivity index (χ4n) is 4.55. The van der Waals surface area contributed by atoms with Crippen molar-refractivity contribution in [1.29, 1.82) is 0 Å². The third-order valence-electron chi connectivity index (χ3n) is 6.58. The molecule has 0 unspecified atom stereocenters. The average Bonchev–Trinajstić information content (AvgIpc) is 2.87. The summed E-state index contributed by atoms with van der Waals surface area (Å²) in [5, 5.41) is 2.23. The molecule has 0 saturated heterocycles. The molecule has 0 bridgehead atoms. The third kappa shape index (κ3) is 6.91. The second-order valence-corrected chi connectivity index (χ2v) is 9.72. The van der Waals surface area contributed by atoms with Crippen LogP contribution < -0.4 is 5.32 Å². The first-order valence-electron chi connectivity index (χ1n) is 12.2. The van der Waals surface area contributed by atoms with E-state index >= 15 is 0 Å². The van der Waals surface area contributed by atoms with Crippen LogP contribution in [0.1, 0.15) is 33.4 Å². The van der Waals surface area contributed by atoms with E-state index in [1.807, 2.05) is 0 Å². The van der Waals surface area contributed by atoms with Gasteiger partial charge in [-0.25, -0.2) is 0 Å². The predicted molar refractivity (Wildman–Crippen MR) is 137 cm³/mol. The minimum absolute atomic E-state index is 0.145. The van der Waals surface area contributed by atoms with Crippen molar-refractivity contribution in [3.8, 4) is 22.3 Å². The smallest absolute Gasteiger partial charge is 0.355 e. The summed E-state index contributed by atoms with van der Waals surface area (Å²) in [5.41, 5.74) is -8.59. The number of aryl methyl sites for hydroxylation is 2. The number of hydrogen-bond donors (Lipinski definition) is 1. The van der Waals surface area contributed by atoms with Crippen molar-refractivity contribution in [2.45, 2.75) is 38.6 Å². The van der Waals surface area contributed by atoms with Crippen molar-refractivity contribution in [2.24, 2.45) is 0 Å². The summed E-state index contributed by atoms with van der Waals surface area (Å²) in [5.74, 6) is 0. The molecule has 0 saturated carbocycles. The molecule has 0 spiro atoms. The van der Waals surface area contributed by atoms with Crippen molar-refractivity contribution in [2.75, 3.05) is 5.32 Å². The molecule has 13 heteroatoms. The second kappa shape index (κ2) is 10.8. The fourth-order valence-corrected chi connectivity index (χ4v) is 4.55. The molecule has 43 heavy (non-hydrogen) atoms. The van der Waals surface area contributed by atoms with Crippen LogP contribution in [0.3, 0.4) is 0 Å². The van der Waals surface area contributed by atoms with Gasteiger partial charge in [0.15, 0.2) is 0 Å². The minimum atomic E-state index is -5.20. The summed E-state index contributed by atoms with van der Waals surface area (Å²) in [6, 6.07) is 10.2. The molecule has 1 N–H and O–H groups in total. The van der Waals surface area contributed by atoms with Crippen LogP contribution in [0.25, 0.3) is 22.3 Å². The first kappa shape index (κ1) is 31.8. The number of nitrogens with one attached hydrogen (secondary N) is 1. The van der Waals surface area contributed by atoms with Crippen LogP contribution in [0, 0.1) is 13.8 Å². The molecule has 1 nitrogen and oxygen atoms in total. The van der Waals surface area contributed by atoms with Crippen LogP contribution in [0.15, 0.2) is 72.8 Å². The number of benzene rings is 4. The Bertz CT molecular complexity index is 1660. The van der Waals surface area contributed by atoms with Gasteiger partial charge in [0.1, 0.15) is 0 Å². The summed E-state index contributed by atoms with van der Waals surface area (Å²) in [6.07, 6.45) is -20.1. The lowest BCUT2D eigenvalue weighted by atomic mass is 9.93. The van der Waals surface area contributed by atoms with Crippen LogP contribution in [0.5, 0.6) is 0 Å². The van der Waals surface area contributed by atoms with E-state index in [2.05, 4.69) is 5.32 Å². The molecule has 0 amide bonds. The van der Waals surface area contributed by atoms with E-state index in [-0.39, 0.29) is 22.3 Å². The Morgan fingerprint density at radius 2 is 0.907 bits per heavy atom. The number of anilines is 2. The highest BCUT2D eigenvalue weighted by molar-refractivity contribution is 5.77. The van der Waals surface area contributed by atoms with E-state index in [9.17, 15) is 52.7 Å². The zero-order chi connectivity index (χ0) is 32.1. The lowest BCUT2D eigenvalue weighted by Crippen LogP contribution is -2.13. The van der Waals surface area contributed by atoms with Crippen molar-refractivity contribution in [3.05, 3.63) is 106 Å². The molecular weight excluding hydrogens is 602 g/mol. The Morgan fingerprint density at radius 3 is 1.44 bits per heavy atom. The molecule has 0 heterocycles. The first-order chi connectivity index (χ1) is 19.7.